The molecular weight excluding hydrogens is 416 g/mol. The lowest BCUT2D eigenvalue weighted by molar-refractivity contribution is 0.0969. The van der Waals surface area contributed by atoms with Gasteiger partial charge in [-0.1, -0.05) is 66.7 Å². The average molecular weight is 437 g/mol. The maximum absolute atomic E-state index is 14.0. The number of hydrogen-bond acceptors (Lipinski definition) is 1. The summed E-state index contributed by atoms with van der Waals surface area (Å²) in [6.07, 6.45) is 2.09. The number of benzene rings is 5. The highest BCUT2D eigenvalue weighted by atomic mass is 16.2. The molecular formula is C31H20N2O. The summed E-state index contributed by atoms with van der Waals surface area (Å²) in [4.78, 5) is 14.0. The van der Waals surface area contributed by atoms with Gasteiger partial charge in [0.2, 0.25) is 0 Å². The number of carbonyl (C=O) groups excluding carboxylic acids is 1. The molecule has 0 aliphatic heterocycles. The minimum absolute atomic E-state index is 0.0193. The number of fused-ring (bicyclic) bond motifs is 5. The Morgan fingerprint density at radius 3 is 2.18 bits per heavy atom. The Balaban J connectivity index is 1.52. The van der Waals surface area contributed by atoms with Gasteiger partial charge in [0.15, 0.2) is 0 Å². The fourth-order valence-electron chi connectivity index (χ4n) is 5.08. The van der Waals surface area contributed by atoms with Gasteiger partial charge < -0.3 is 4.57 Å². The number of rotatable bonds is 2. The summed E-state index contributed by atoms with van der Waals surface area (Å²) >= 11 is 0. The van der Waals surface area contributed by atoms with Crippen LogP contribution in [-0.4, -0.2) is 15.0 Å². The monoisotopic (exact) mass is 436 g/mol. The second kappa shape index (κ2) is 7.19. The summed E-state index contributed by atoms with van der Waals surface area (Å²) in [5, 5.41) is 5.51. The Hall–Kier alpha value is -4.63. The molecule has 0 fully saturated rings. The molecule has 3 heteroatoms. The molecule has 3 nitrogen and oxygen atoms in total. The molecule has 0 unspecified atom stereocenters. The van der Waals surface area contributed by atoms with Crippen LogP contribution in [0.5, 0.6) is 0 Å². The Kier molecular flexibility index (Phi) is 4.00. The summed E-state index contributed by atoms with van der Waals surface area (Å²) < 4.78 is 4.05. The van der Waals surface area contributed by atoms with E-state index in [1.165, 1.54) is 0 Å². The molecule has 0 N–H and O–H groups in total. The Morgan fingerprint density at radius 2 is 1.29 bits per heavy atom. The van der Waals surface area contributed by atoms with Crippen molar-refractivity contribution in [1.82, 2.24) is 9.13 Å². The molecule has 0 bridgehead atoms. The summed E-state index contributed by atoms with van der Waals surface area (Å²) in [5.74, 6) is -0.0193. The highest BCUT2D eigenvalue weighted by molar-refractivity contribution is 6.19. The molecule has 0 saturated carbocycles. The maximum Gasteiger partial charge on any atom is 0.262 e. The van der Waals surface area contributed by atoms with Gasteiger partial charge in [0.1, 0.15) is 0 Å². The van der Waals surface area contributed by atoms with Crippen LogP contribution in [0.3, 0.4) is 0 Å². The summed E-state index contributed by atoms with van der Waals surface area (Å²) in [7, 11) is 0. The largest absolute Gasteiger partial charge is 0.316 e. The van der Waals surface area contributed by atoms with E-state index in [9.17, 15) is 4.79 Å². The van der Waals surface area contributed by atoms with Crippen molar-refractivity contribution >= 4 is 49.4 Å². The van der Waals surface area contributed by atoms with Crippen molar-refractivity contribution in [2.75, 3.05) is 0 Å². The van der Waals surface area contributed by atoms with Crippen LogP contribution in [0, 0.1) is 0 Å². The maximum atomic E-state index is 14.0. The SMILES string of the molecule is O=C(c1ccc2ccccc2c1)n1c2ccccc2c2cc3ccn(-c4ccccc4)c3cc21. The molecule has 0 amide bonds. The molecule has 0 saturated heterocycles. The van der Waals surface area contributed by atoms with Crippen molar-refractivity contribution in [2.24, 2.45) is 0 Å². The Morgan fingerprint density at radius 1 is 0.529 bits per heavy atom. The number of hydrogen-bond donors (Lipinski definition) is 0. The molecule has 0 spiro atoms. The highest BCUT2D eigenvalue weighted by Gasteiger charge is 2.19. The van der Waals surface area contributed by atoms with Crippen LogP contribution in [-0.2, 0) is 0 Å². The predicted octanol–water partition coefficient (Wildman–Crippen LogP) is 7.58. The molecule has 160 valence electrons. The number of nitrogens with zero attached hydrogens (tertiary/aromatic N) is 2. The number of carbonyl (C=O) groups is 1. The van der Waals surface area contributed by atoms with E-state index in [1.807, 2.05) is 77.4 Å². The lowest BCUT2D eigenvalue weighted by Gasteiger charge is -2.09. The molecule has 2 aromatic heterocycles. The lowest BCUT2D eigenvalue weighted by Crippen LogP contribution is -2.11. The van der Waals surface area contributed by atoms with Crippen molar-refractivity contribution in [2.45, 2.75) is 0 Å². The van der Waals surface area contributed by atoms with Crippen molar-refractivity contribution in [3.05, 3.63) is 127 Å². The van der Waals surface area contributed by atoms with Gasteiger partial charge >= 0.3 is 0 Å². The zero-order valence-corrected chi connectivity index (χ0v) is 18.3. The second-order valence-electron chi connectivity index (χ2n) is 8.67. The average Bonchev–Trinajstić information content (AvgIpc) is 3.46. The van der Waals surface area contributed by atoms with Crippen molar-refractivity contribution < 1.29 is 4.79 Å². The normalized spacial score (nSPS) is 11.6. The van der Waals surface area contributed by atoms with Gasteiger partial charge in [-0.05, 0) is 59.3 Å². The van der Waals surface area contributed by atoms with Crippen LogP contribution in [0.15, 0.2) is 121 Å². The van der Waals surface area contributed by atoms with E-state index in [4.69, 9.17) is 0 Å². The zero-order valence-electron chi connectivity index (χ0n) is 18.3. The molecule has 2 heterocycles. The van der Waals surface area contributed by atoms with E-state index in [0.29, 0.717) is 5.56 Å². The predicted molar refractivity (Wildman–Crippen MR) is 140 cm³/mol. The van der Waals surface area contributed by atoms with Gasteiger partial charge in [0.05, 0.1) is 16.6 Å². The third-order valence-corrected chi connectivity index (χ3v) is 6.72. The standard InChI is InChI=1S/C31H20N2O/c34-31(24-15-14-21-8-4-5-9-22(21)18-24)33-28-13-7-6-12-26(28)27-19-23-16-17-32(29(23)20-30(27)33)25-10-2-1-3-11-25/h1-20H. The number of para-hydroxylation sites is 2. The fourth-order valence-corrected chi connectivity index (χ4v) is 5.08. The van der Waals surface area contributed by atoms with Crippen LogP contribution in [0.1, 0.15) is 10.4 Å². The van der Waals surface area contributed by atoms with Gasteiger partial charge in [-0.25, -0.2) is 0 Å². The van der Waals surface area contributed by atoms with Crippen LogP contribution >= 0.6 is 0 Å². The molecule has 5 aromatic carbocycles. The molecule has 0 atom stereocenters. The molecule has 7 rings (SSSR count). The zero-order chi connectivity index (χ0) is 22.6. The minimum atomic E-state index is -0.0193. The fraction of sp³-hybridized carbons (Fsp3) is 0. The van der Waals surface area contributed by atoms with Gasteiger partial charge in [0.25, 0.3) is 5.91 Å². The van der Waals surface area contributed by atoms with E-state index in [1.54, 1.807) is 0 Å². The van der Waals surface area contributed by atoms with E-state index in [0.717, 1.165) is 49.2 Å². The lowest BCUT2D eigenvalue weighted by atomic mass is 10.1. The smallest absolute Gasteiger partial charge is 0.262 e. The van der Waals surface area contributed by atoms with Crippen molar-refractivity contribution in [1.29, 1.82) is 0 Å². The van der Waals surface area contributed by atoms with Gasteiger partial charge in [-0.15, -0.1) is 0 Å². The van der Waals surface area contributed by atoms with Crippen LogP contribution < -0.4 is 0 Å². The third kappa shape index (κ3) is 2.74. The third-order valence-electron chi connectivity index (χ3n) is 6.72. The highest BCUT2D eigenvalue weighted by Crippen LogP contribution is 2.34. The minimum Gasteiger partial charge on any atom is -0.316 e. The quantitative estimate of drug-likeness (QED) is 0.274. The van der Waals surface area contributed by atoms with E-state index >= 15 is 0 Å². The van der Waals surface area contributed by atoms with E-state index in [-0.39, 0.29) is 5.91 Å². The number of aromatic nitrogens is 2. The van der Waals surface area contributed by atoms with Gasteiger partial charge in [-0.2, -0.15) is 0 Å². The molecule has 0 radical (unpaired) electrons. The molecule has 34 heavy (non-hydrogen) atoms. The second-order valence-corrected chi connectivity index (χ2v) is 8.67. The first-order chi connectivity index (χ1) is 16.8. The van der Waals surface area contributed by atoms with E-state index in [2.05, 4.69) is 53.2 Å². The molecule has 0 aliphatic carbocycles. The summed E-state index contributed by atoms with van der Waals surface area (Å²) in [5.41, 5.74) is 4.70. The summed E-state index contributed by atoms with van der Waals surface area (Å²) in [6.45, 7) is 0. The molecule has 0 aliphatic rings. The van der Waals surface area contributed by atoms with Crippen molar-refractivity contribution in [3.63, 3.8) is 0 Å². The Bertz CT molecular complexity index is 1870. The van der Waals surface area contributed by atoms with E-state index < -0.39 is 0 Å². The molecule has 7 aromatic rings. The van der Waals surface area contributed by atoms with Gasteiger partial charge in [-0.3, -0.25) is 9.36 Å². The first kappa shape index (κ1) is 18.9. The Labute approximate surface area is 196 Å². The topological polar surface area (TPSA) is 26.9 Å². The van der Waals surface area contributed by atoms with Gasteiger partial charge in [0, 0.05) is 33.6 Å². The summed E-state index contributed by atoms with van der Waals surface area (Å²) in [6, 6.07) is 39.0. The van der Waals surface area contributed by atoms with Crippen LogP contribution in [0.2, 0.25) is 0 Å². The first-order valence-corrected chi connectivity index (χ1v) is 11.4. The van der Waals surface area contributed by atoms with Crippen LogP contribution in [0.4, 0.5) is 0 Å². The van der Waals surface area contributed by atoms with Crippen molar-refractivity contribution in [3.8, 4) is 5.69 Å². The van der Waals surface area contributed by atoms with Crippen LogP contribution in [0.25, 0.3) is 49.2 Å². The first-order valence-electron chi connectivity index (χ1n) is 11.4.